The SMILES string of the molecule is CCO[Si](C)(OCC)C1(CC)CCCCCCO1. The first kappa shape index (κ1) is 16.2. The van der Waals surface area contributed by atoms with Gasteiger partial charge in [-0.15, -0.1) is 0 Å². The van der Waals surface area contributed by atoms with Crippen LogP contribution in [0.15, 0.2) is 0 Å². The summed E-state index contributed by atoms with van der Waals surface area (Å²) in [5, 5.41) is -0.153. The largest absolute Gasteiger partial charge is 0.393 e. The number of rotatable bonds is 6. The van der Waals surface area contributed by atoms with Gasteiger partial charge in [-0.2, -0.15) is 0 Å². The van der Waals surface area contributed by atoms with Crippen LogP contribution >= 0.6 is 0 Å². The zero-order valence-corrected chi connectivity index (χ0v) is 13.6. The molecule has 1 fully saturated rings. The highest BCUT2D eigenvalue weighted by molar-refractivity contribution is 6.69. The molecule has 1 aliphatic heterocycles. The fourth-order valence-corrected chi connectivity index (χ4v) is 6.37. The molecular weight excluding hydrogens is 244 g/mol. The van der Waals surface area contributed by atoms with Crippen LogP contribution in [-0.4, -0.2) is 33.6 Å². The van der Waals surface area contributed by atoms with E-state index in [2.05, 4.69) is 27.3 Å². The zero-order valence-electron chi connectivity index (χ0n) is 12.6. The second-order valence-corrected chi connectivity index (χ2v) is 8.55. The van der Waals surface area contributed by atoms with E-state index in [1.54, 1.807) is 0 Å². The van der Waals surface area contributed by atoms with Crippen LogP contribution < -0.4 is 0 Å². The molecule has 0 aromatic carbocycles. The van der Waals surface area contributed by atoms with Crippen molar-refractivity contribution >= 4 is 8.56 Å². The average molecular weight is 274 g/mol. The maximum absolute atomic E-state index is 6.30. The molecule has 1 aliphatic rings. The monoisotopic (exact) mass is 274 g/mol. The van der Waals surface area contributed by atoms with Crippen molar-refractivity contribution in [2.45, 2.75) is 71.1 Å². The molecule has 1 heterocycles. The van der Waals surface area contributed by atoms with E-state index in [1.165, 1.54) is 25.7 Å². The molecule has 1 atom stereocenters. The van der Waals surface area contributed by atoms with Gasteiger partial charge in [0.15, 0.2) is 0 Å². The molecule has 0 aromatic heterocycles. The van der Waals surface area contributed by atoms with Crippen LogP contribution in [0.25, 0.3) is 0 Å². The summed E-state index contributed by atoms with van der Waals surface area (Å²) in [6.45, 7) is 10.8. The van der Waals surface area contributed by atoms with Gasteiger partial charge in [0, 0.05) is 19.8 Å². The van der Waals surface area contributed by atoms with E-state index < -0.39 is 8.56 Å². The Hall–Kier alpha value is 0.0969. The van der Waals surface area contributed by atoms with E-state index in [9.17, 15) is 0 Å². The molecule has 18 heavy (non-hydrogen) atoms. The Labute approximate surface area is 113 Å². The van der Waals surface area contributed by atoms with Crippen molar-refractivity contribution in [2.24, 2.45) is 0 Å². The van der Waals surface area contributed by atoms with Gasteiger partial charge < -0.3 is 13.6 Å². The highest BCUT2D eigenvalue weighted by Crippen LogP contribution is 2.37. The van der Waals surface area contributed by atoms with Gasteiger partial charge in [-0.3, -0.25) is 0 Å². The highest BCUT2D eigenvalue weighted by Gasteiger charge is 2.54. The molecular formula is C14H30O3Si. The van der Waals surface area contributed by atoms with Crippen molar-refractivity contribution in [3.63, 3.8) is 0 Å². The molecule has 108 valence electrons. The molecule has 0 amide bonds. The molecule has 3 nitrogen and oxygen atoms in total. The third-order valence-corrected chi connectivity index (χ3v) is 8.17. The minimum atomic E-state index is -2.28. The van der Waals surface area contributed by atoms with Gasteiger partial charge in [0.2, 0.25) is 0 Å². The lowest BCUT2D eigenvalue weighted by molar-refractivity contribution is -0.0461. The van der Waals surface area contributed by atoms with Crippen molar-refractivity contribution in [2.75, 3.05) is 19.8 Å². The molecule has 0 aromatic rings. The van der Waals surface area contributed by atoms with Crippen molar-refractivity contribution in [3.8, 4) is 0 Å². The molecule has 0 aliphatic carbocycles. The predicted octanol–water partition coefficient (Wildman–Crippen LogP) is 3.80. The van der Waals surface area contributed by atoms with Gasteiger partial charge >= 0.3 is 8.56 Å². The van der Waals surface area contributed by atoms with Crippen LogP contribution in [0.1, 0.15) is 59.3 Å². The van der Waals surface area contributed by atoms with E-state index in [0.717, 1.165) is 19.4 Å². The lowest BCUT2D eigenvalue weighted by atomic mass is 10.0. The molecule has 4 heteroatoms. The normalized spacial score (nSPS) is 26.7. The molecule has 0 spiro atoms. The minimum absolute atomic E-state index is 0.153. The van der Waals surface area contributed by atoms with Crippen molar-refractivity contribution in [3.05, 3.63) is 0 Å². The lowest BCUT2D eigenvalue weighted by Crippen LogP contribution is -2.62. The Bertz CT molecular complexity index is 219. The van der Waals surface area contributed by atoms with Gasteiger partial charge in [-0.1, -0.05) is 26.2 Å². The Kier molecular flexibility index (Phi) is 6.85. The van der Waals surface area contributed by atoms with E-state index in [-0.39, 0.29) is 5.22 Å². The van der Waals surface area contributed by atoms with E-state index in [4.69, 9.17) is 13.6 Å². The summed E-state index contributed by atoms with van der Waals surface area (Å²) in [4.78, 5) is 0. The summed E-state index contributed by atoms with van der Waals surface area (Å²) >= 11 is 0. The Morgan fingerprint density at radius 1 is 1.00 bits per heavy atom. The van der Waals surface area contributed by atoms with Gasteiger partial charge in [-0.25, -0.2) is 0 Å². The van der Waals surface area contributed by atoms with Crippen LogP contribution in [0, 0.1) is 0 Å². The van der Waals surface area contributed by atoms with Gasteiger partial charge in [0.05, 0.1) is 0 Å². The third kappa shape index (κ3) is 3.56. The number of hydrogen-bond acceptors (Lipinski definition) is 3. The lowest BCUT2D eigenvalue weighted by Gasteiger charge is -2.45. The van der Waals surface area contributed by atoms with Crippen LogP contribution in [-0.2, 0) is 13.6 Å². The maximum atomic E-state index is 6.30. The molecule has 1 rings (SSSR count). The number of ether oxygens (including phenoxy) is 1. The Morgan fingerprint density at radius 2 is 1.61 bits per heavy atom. The predicted molar refractivity (Wildman–Crippen MR) is 76.9 cm³/mol. The van der Waals surface area contributed by atoms with Crippen LogP contribution in [0.3, 0.4) is 0 Å². The zero-order chi connectivity index (χ0) is 13.5. The summed E-state index contributed by atoms with van der Waals surface area (Å²) in [5.74, 6) is 0. The average Bonchev–Trinajstić information content (AvgIpc) is 2.29. The smallest absolute Gasteiger partial charge is 0.368 e. The van der Waals surface area contributed by atoms with E-state index in [0.29, 0.717) is 13.2 Å². The van der Waals surface area contributed by atoms with Crippen LogP contribution in [0.2, 0.25) is 6.55 Å². The number of hydrogen-bond donors (Lipinski definition) is 0. The summed E-state index contributed by atoms with van der Waals surface area (Å²) in [5.41, 5.74) is 0. The first-order valence-electron chi connectivity index (χ1n) is 7.56. The van der Waals surface area contributed by atoms with Gasteiger partial charge in [0.1, 0.15) is 5.22 Å². The Morgan fingerprint density at radius 3 is 2.17 bits per heavy atom. The second-order valence-electron chi connectivity index (χ2n) is 5.17. The van der Waals surface area contributed by atoms with E-state index >= 15 is 0 Å². The van der Waals surface area contributed by atoms with Gasteiger partial charge in [0.25, 0.3) is 0 Å². The fraction of sp³-hybridized carbons (Fsp3) is 1.00. The molecule has 0 radical (unpaired) electrons. The van der Waals surface area contributed by atoms with Crippen molar-refractivity contribution in [1.29, 1.82) is 0 Å². The summed E-state index contributed by atoms with van der Waals surface area (Å²) in [6.07, 6.45) is 7.10. The summed E-state index contributed by atoms with van der Waals surface area (Å²) in [7, 11) is -2.28. The van der Waals surface area contributed by atoms with E-state index in [1.807, 2.05) is 0 Å². The fourth-order valence-electron chi connectivity index (χ4n) is 3.02. The minimum Gasteiger partial charge on any atom is -0.393 e. The molecule has 1 unspecified atom stereocenters. The Balaban J connectivity index is 2.90. The third-order valence-electron chi connectivity index (χ3n) is 4.09. The topological polar surface area (TPSA) is 27.7 Å². The molecule has 0 bridgehead atoms. The molecule has 1 saturated heterocycles. The molecule has 0 saturated carbocycles. The first-order chi connectivity index (χ1) is 8.64. The quantitative estimate of drug-likeness (QED) is 0.690. The summed E-state index contributed by atoms with van der Waals surface area (Å²) in [6, 6.07) is 0. The summed E-state index contributed by atoms with van der Waals surface area (Å²) < 4.78 is 18.5. The van der Waals surface area contributed by atoms with Crippen LogP contribution in [0.4, 0.5) is 0 Å². The standard InChI is InChI=1S/C14H30O3Si/c1-5-14(12-10-8-9-11-13-15-14)18(4,16-6-2)17-7-3/h5-13H2,1-4H3. The van der Waals surface area contributed by atoms with Crippen molar-refractivity contribution < 1.29 is 13.6 Å². The second kappa shape index (κ2) is 7.63. The first-order valence-corrected chi connectivity index (χ1v) is 9.87. The van der Waals surface area contributed by atoms with Crippen molar-refractivity contribution in [1.82, 2.24) is 0 Å². The maximum Gasteiger partial charge on any atom is 0.368 e. The molecule has 0 N–H and O–H groups in total. The van der Waals surface area contributed by atoms with Crippen LogP contribution in [0.5, 0.6) is 0 Å². The highest BCUT2D eigenvalue weighted by atomic mass is 28.4. The van der Waals surface area contributed by atoms with Gasteiger partial charge in [-0.05, 0) is 39.7 Å².